The van der Waals surface area contributed by atoms with E-state index in [1.54, 1.807) is 13.2 Å². The van der Waals surface area contributed by atoms with Crippen LogP contribution in [0.2, 0.25) is 0 Å². The van der Waals surface area contributed by atoms with Crippen LogP contribution in [0.4, 0.5) is 10.1 Å². The number of pyridine rings is 1. The van der Waals surface area contributed by atoms with Gasteiger partial charge in [-0.05, 0) is 50.2 Å². The summed E-state index contributed by atoms with van der Waals surface area (Å²) in [5.74, 6) is 0.843. The maximum atomic E-state index is 13.1. The highest BCUT2D eigenvalue weighted by Gasteiger charge is 2.32. The van der Waals surface area contributed by atoms with Crippen LogP contribution in [0, 0.1) is 5.92 Å². The van der Waals surface area contributed by atoms with Crippen molar-refractivity contribution in [2.45, 2.75) is 57.6 Å². The number of hydrogen-bond acceptors (Lipinski definition) is 6. The Bertz CT molecular complexity index is 719. The van der Waals surface area contributed by atoms with Crippen molar-refractivity contribution in [3.05, 3.63) is 17.8 Å². The first-order valence-corrected chi connectivity index (χ1v) is 11.4. The van der Waals surface area contributed by atoms with Gasteiger partial charge in [-0.1, -0.05) is 13.8 Å². The maximum absolute atomic E-state index is 13.1. The second-order valence-corrected chi connectivity index (χ2v) is 8.57. The highest BCUT2D eigenvalue weighted by Crippen LogP contribution is 2.34. The fourth-order valence-electron chi connectivity index (χ4n) is 3.57. The second kappa shape index (κ2) is 11.1. The number of halogens is 1. The van der Waals surface area contributed by atoms with Gasteiger partial charge in [0.25, 0.3) is 5.91 Å². The normalized spacial score (nSPS) is 16.8. The summed E-state index contributed by atoms with van der Waals surface area (Å²) in [5, 5.41) is 3.11. The van der Waals surface area contributed by atoms with Gasteiger partial charge in [-0.15, -0.1) is 0 Å². The molecule has 1 saturated heterocycles. The molecule has 0 spiro atoms. The number of amides is 1. The van der Waals surface area contributed by atoms with E-state index >= 15 is 0 Å². The predicted molar refractivity (Wildman–Crippen MR) is 118 cm³/mol. The lowest BCUT2D eigenvalue weighted by molar-refractivity contribution is 0.0518. The SMILES string of the molecule is CCC(CC)(COCCCF)NC(=O)c1ccc(N2CC(OC)C2)c(OCC2CC2)n1. The number of rotatable bonds is 14. The summed E-state index contributed by atoms with van der Waals surface area (Å²) >= 11 is 0. The smallest absolute Gasteiger partial charge is 0.270 e. The van der Waals surface area contributed by atoms with Crippen LogP contribution >= 0.6 is 0 Å². The first-order chi connectivity index (χ1) is 15.0. The van der Waals surface area contributed by atoms with Crippen LogP contribution in [0.5, 0.6) is 5.88 Å². The van der Waals surface area contributed by atoms with E-state index in [-0.39, 0.29) is 12.0 Å². The summed E-state index contributed by atoms with van der Waals surface area (Å²) in [6, 6.07) is 3.65. The minimum absolute atomic E-state index is 0.214. The van der Waals surface area contributed by atoms with Gasteiger partial charge in [0.15, 0.2) is 0 Å². The van der Waals surface area contributed by atoms with Crippen molar-refractivity contribution >= 4 is 11.6 Å². The van der Waals surface area contributed by atoms with Crippen LogP contribution in [-0.4, -0.2) is 69.2 Å². The van der Waals surface area contributed by atoms with Gasteiger partial charge in [0.05, 0.1) is 31.5 Å². The Morgan fingerprint density at radius 1 is 1.29 bits per heavy atom. The van der Waals surface area contributed by atoms with E-state index in [1.807, 2.05) is 19.9 Å². The van der Waals surface area contributed by atoms with Crippen LogP contribution in [-0.2, 0) is 9.47 Å². The van der Waals surface area contributed by atoms with Crippen LogP contribution in [0.15, 0.2) is 12.1 Å². The number of alkyl halides is 1. The first-order valence-electron chi connectivity index (χ1n) is 11.4. The van der Waals surface area contributed by atoms with Crippen molar-refractivity contribution in [3.8, 4) is 5.88 Å². The second-order valence-electron chi connectivity index (χ2n) is 8.57. The average Bonchev–Trinajstić information content (AvgIpc) is 3.58. The molecule has 1 amide bonds. The number of hydrogen-bond donors (Lipinski definition) is 1. The van der Waals surface area contributed by atoms with Crippen molar-refractivity contribution in [3.63, 3.8) is 0 Å². The third-order valence-corrected chi connectivity index (χ3v) is 6.28. The van der Waals surface area contributed by atoms with Crippen molar-refractivity contribution in [2.24, 2.45) is 5.92 Å². The lowest BCUT2D eigenvalue weighted by Crippen LogP contribution is -2.52. The number of nitrogens with zero attached hydrogens (tertiary/aromatic N) is 2. The molecule has 31 heavy (non-hydrogen) atoms. The number of carbonyl (C=O) groups is 1. The summed E-state index contributed by atoms with van der Waals surface area (Å²) in [6.45, 7) is 6.52. The Labute approximate surface area is 184 Å². The number of anilines is 1. The van der Waals surface area contributed by atoms with Crippen LogP contribution in [0.1, 0.15) is 56.4 Å². The Morgan fingerprint density at radius 2 is 2.03 bits per heavy atom. The molecule has 1 aromatic rings. The molecule has 0 atom stereocenters. The number of carbonyl (C=O) groups excluding carboxylic acids is 1. The third kappa shape index (κ3) is 6.29. The molecule has 7 nitrogen and oxygen atoms in total. The van der Waals surface area contributed by atoms with Crippen LogP contribution in [0.3, 0.4) is 0 Å². The first kappa shape index (κ1) is 23.7. The highest BCUT2D eigenvalue weighted by atomic mass is 19.1. The lowest BCUT2D eigenvalue weighted by Gasteiger charge is -2.40. The molecule has 2 aliphatic rings. The molecule has 1 aliphatic heterocycles. The van der Waals surface area contributed by atoms with Gasteiger partial charge >= 0.3 is 0 Å². The predicted octanol–water partition coefficient (Wildman–Crippen LogP) is 3.37. The molecule has 1 N–H and O–H groups in total. The zero-order chi connectivity index (χ0) is 22.3. The summed E-state index contributed by atoms with van der Waals surface area (Å²) in [5.41, 5.74) is 0.720. The summed E-state index contributed by atoms with van der Waals surface area (Å²) < 4.78 is 29.4. The zero-order valence-electron chi connectivity index (χ0n) is 19.0. The number of aromatic nitrogens is 1. The molecule has 8 heteroatoms. The molecule has 2 heterocycles. The van der Waals surface area contributed by atoms with E-state index in [0.29, 0.717) is 56.6 Å². The van der Waals surface area contributed by atoms with Gasteiger partial charge in [0, 0.05) is 26.8 Å². The van der Waals surface area contributed by atoms with E-state index in [9.17, 15) is 9.18 Å². The summed E-state index contributed by atoms with van der Waals surface area (Å²) in [7, 11) is 1.72. The molecule has 3 rings (SSSR count). The number of ether oxygens (including phenoxy) is 3. The molecule has 1 aromatic heterocycles. The van der Waals surface area contributed by atoms with Crippen molar-refractivity contribution in [2.75, 3.05) is 51.6 Å². The van der Waals surface area contributed by atoms with E-state index in [1.165, 1.54) is 12.8 Å². The van der Waals surface area contributed by atoms with Crippen molar-refractivity contribution < 1.29 is 23.4 Å². The molecule has 1 saturated carbocycles. The van der Waals surface area contributed by atoms with Crippen LogP contribution < -0.4 is 15.0 Å². The van der Waals surface area contributed by atoms with Gasteiger partial charge in [-0.25, -0.2) is 4.98 Å². The largest absolute Gasteiger partial charge is 0.476 e. The molecule has 0 bridgehead atoms. The zero-order valence-corrected chi connectivity index (χ0v) is 19.0. The number of nitrogens with one attached hydrogen (secondary N) is 1. The van der Waals surface area contributed by atoms with Gasteiger partial charge < -0.3 is 24.4 Å². The molecular formula is C23H36FN3O4. The average molecular weight is 438 g/mol. The number of methoxy groups -OCH3 is 1. The lowest BCUT2D eigenvalue weighted by atomic mass is 9.93. The van der Waals surface area contributed by atoms with Gasteiger partial charge in [0.2, 0.25) is 5.88 Å². The summed E-state index contributed by atoms with van der Waals surface area (Å²) in [6.07, 6.45) is 4.36. The maximum Gasteiger partial charge on any atom is 0.270 e. The van der Waals surface area contributed by atoms with Gasteiger partial charge in [0.1, 0.15) is 11.4 Å². The Morgan fingerprint density at radius 3 is 2.65 bits per heavy atom. The van der Waals surface area contributed by atoms with E-state index in [0.717, 1.165) is 18.8 Å². The van der Waals surface area contributed by atoms with E-state index in [4.69, 9.17) is 14.2 Å². The Balaban J connectivity index is 1.70. The Kier molecular flexibility index (Phi) is 8.49. The third-order valence-electron chi connectivity index (χ3n) is 6.28. The quantitative estimate of drug-likeness (QED) is 0.450. The molecule has 1 aliphatic carbocycles. The molecular weight excluding hydrogens is 401 g/mol. The fraction of sp³-hybridized carbons (Fsp3) is 0.739. The highest BCUT2D eigenvalue weighted by molar-refractivity contribution is 5.93. The molecule has 174 valence electrons. The minimum Gasteiger partial charge on any atom is -0.476 e. The van der Waals surface area contributed by atoms with Crippen molar-refractivity contribution in [1.29, 1.82) is 0 Å². The fourth-order valence-corrected chi connectivity index (χ4v) is 3.57. The Hall–Kier alpha value is -1.93. The molecule has 0 aromatic carbocycles. The topological polar surface area (TPSA) is 72.9 Å². The van der Waals surface area contributed by atoms with Crippen LogP contribution in [0.25, 0.3) is 0 Å². The molecule has 2 fully saturated rings. The van der Waals surface area contributed by atoms with E-state index < -0.39 is 12.2 Å². The van der Waals surface area contributed by atoms with E-state index in [2.05, 4.69) is 15.2 Å². The minimum atomic E-state index is -0.508. The van der Waals surface area contributed by atoms with Gasteiger partial charge in [-0.2, -0.15) is 0 Å². The van der Waals surface area contributed by atoms with Crippen molar-refractivity contribution in [1.82, 2.24) is 10.3 Å². The van der Waals surface area contributed by atoms with Gasteiger partial charge in [-0.3, -0.25) is 9.18 Å². The summed E-state index contributed by atoms with van der Waals surface area (Å²) in [4.78, 5) is 19.8. The molecule has 0 unspecified atom stereocenters. The monoisotopic (exact) mass is 437 g/mol. The molecule has 0 radical (unpaired) electrons. The standard InChI is InChI=1S/C23H36FN3O4/c1-4-23(5-2,16-30-12-6-11-24)26-21(28)19-9-10-20(27-13-18(14-27)29-3)22(25-19)31-15-17-7-8-17/h9-10,17-18H,4-8,11-16H2,1-3H3,(H,26,28).